The summed E-state index contributed by atoms with van der Waals surface area (Å²) in [4.78, 5) is 0. The van der Waals surface area contributed by atoms with Gasteiger partial charge < -0.3 is 15.5 Å². The van der Waals surface area contributed by atoms with Gasteiger partial charge in [-0.1, -0.05) is 32.0 Å². The molecule has 1 aromatic carbocycles. The predicted octanol–water partition coefficient (Wildman–Crippen LogP) is 2.90. The van der Waals surface area contributed by atoms with E-state index in [1.165, 1.54) is 0 Å². The zero-order chi connectivity index (χ0) is 13.2. The van der Waals surface area contributed by atoms with E-state index in [9.17, 15) is 0 Å². The average Bonchev–Trinajstić information content (AvgIpc) is 2.78. The van der Waals surface area contributed by atoms with E-state index >= 15 is 0 Å². The fourth-order valence-corrected chi connectivity index (χ4v) is 1.93. The van der Waals surface area contributed by atoms with Crippen molar-refractivity contribution in [3.05, 3.63) is 36.1 Å². The summed E-state index contributed by atoms with van der Waals surface area (Å²) in [6, 6.07) is 10.1. The highest BCUT2D eigenvalue weighted by atomic mass is 16.3. The quantitative estimate of drug-likeness (QED) is 0.853. The lowest BCUT2D eigenvalue weighted by Crippen LogP contribution is -2.52. The van der Waals surface area contributed by atoms with Gasteiger partial charge in [0.1, 0.15) is 11.3 Å². The molecule has 18 heavy (non-hydrogen) atoms. The van der Waals surface area contributed by atoms with Crippen LogP contribution in [-0.4, -0.2) is 12.1 Å². The van der Waals surface area contributed by atoms with Crippen molar-refractivity contribution >= 4 is 11.0 Å². The lowest BCUT2D eigenvalue weighted by atomic mass is 9.88. The first-order valence-corrected chi connectivity index (χ1v) is 6.48. The molecule has 0 radical (unpaired) electrons. The van der Waals surface area contributed by atoms with Gasteiger partial charge in [-0.25, -0.2) is 0 Å². The first-order valence-electron chi connectivity index (χ1n) is 6.48. The largest absolute Gasteiger partial charge is 0.460 e. The lowest BCUT2D eigenvalue weighted by Gasteiger charge is -2.33. The molecular weight excluding hydrogens is 224 g/mol. The number of furan rings is 1. The Hall–Kier alpha value is -1.32. The van der Waals surface area contributed by atoms with Gasteiger partial charge in [0.2, 0.25) is 0 Å². The second-order valence-electron chi connectivity index (χ2n) is 5.38. The Morgan fingerprint density at radius 2 is 2.06 bits per heavy atom. The fourth-order valence-electron chi connectivity index (χ4n) is 1.93. The summed E-state index contributed by atoms with van der Waals surface area (Å²) >= 11 is 0. The van der Waals surface area contributed by atoms with Crippen LogP contribution in [0.1, 0.15) is 26.5 Å². The van der Waals surface area contributed by atoms with Gasteiger partial charge in [0.25, 0.3) is 0 Å². The Kier molecular flexibility index (Phi) is 3.73. The van der Waals surface area contributed by atoms with Crippen LogP contribution in [0, 0.1) is 5.92 Å². The SMILES string of the molecule is CC(C)C(C)(CN)NCc1cc2ccccc2o1. The third-order valence-corrected chi connectivity index (χ3v) is 3.84. The topological polar surface area (TPSA) is 51.2 Å². The molecule has 0 saturated carbocycles. The molecule has 0 saturated heterocycles. The van der Waals surface area contributed by atoms with Gasteiger partial charge in [0.05, 0.1) is 6.54 Å². The van der Waals surface area contributed by atoms with Crippen molar-refractivity contribution in [2.24, 2.45) is 11.7 Å². The Morgan fingerprint density at radius 3 is 2.67 bits per heavy atom. The molecule has 3 nitrogen and oxygen atoms in total. The molecule has 0 bridgehead atoms. The Bertz CT molecular complexity index is 485. The van der Waals surface area contributed by atoms with Crippen LogP contribution in [-0.2, 0) is 6.54 Å². The second-order valence-corrected chi connectivity index (χ2v) is 5.38. The number of fused-ring (bicyclic) bond motifs is 1. The zero-order valence-corrected chi connectivity index (χ0v) is 11.4. The van der Waals surface area contributed by atoms with Gasteiger partial charge in [0, 0.05) is 17.5 Å². The number of rotatable bonds is 5. The first-order chi connectivity index (χ1) is 8.55. The van der Waals surface area contributed by atoms with Crippen LogP contribution < -0.4 is 11.1 Å². The van der Waals surface area contributed by atoms with Crippen LogP contribution in [0.3, 0.4) is 0 Å². The van der Waals surface area contributed by atoms with Crippen molar-refractivity contribution in [2.75, 3.05) is 6.54 Å². The predicted molar refractivity (Wildman–Crippen MR) is 75.4 cm³/mol. The number of nitrogens with two attached hydrogens (primary N) is 1. The van der Waals surface area contributed by atoms with E-state index in [0.717, 1.165) is 16.7 Å². The van der Waals surface area contributed by atoms with Gasteiger partial charge in [-0.3, -0.25) is 0 Å². The molecule has 0 aliphatic heterocycles. The molecular formula is C15H22N2O. The van der Waals surface area contributed by atoms with E-state index in [2.05, 4.69) is 38.2 Å². The third-order valence-electron chi connectivity index (χ3n) is 3.84. The van der Waals surface area contributed by atoms with Crippen molar-refractivity contribution in [1.29, 1.82) is 0 Å². The minimum Gasteiger partial charge on any atom is -0.460 e. The van der Waals surface area contributed by atoms with Crippen molar-refractivity contribution in [1.82, 2.24) is 5.32 Å². The summed E-state index contributed by atoms with van der Waals surface area (Å²) < 4.78 is 5.78. The van der Waals surface area contributed by atoms with Crippen LogP contribution in [0.25, 0.3) is 11.0 Å². The number of benzene rings is 1. The normalized spacial score (nSPS) is 15.2. The monoisotopic (exact) mass is 246 g/mol. The Labute approximate surface area is 108 Å². The molecule has 0 aliphatic rings. The number of nitrogens with one attached hydrogen (secondary N) is 1. The molecule has 2 aromatic rings. The number of hydrogen-bond donors (Lipinski definition) is 2. The maximum atomic E-state index is 5.85. The number of para-hydroxylation sites is 1. The first kappa shape index (κ1) is 13.1. The lowest BCUT2D eigenvalue weighted by molar-refractivity contribution is 0.259. The molecule has 1 heterocycles. The maximum Gasteiger partial charge on any atom is 0.134 e. The summed E-state index contributed by atoms with van der Waals surface area (Å²) in [5.74, 6) is 1.43. The number of hydrogen-bond acceptors (Lipinski definition) is 3. The summed E-state index contributed by atoms with van der Waals surface area (Å²) in [5.41, 5.74) is 6.74. The van der Waals surface area contributed by atoms with Gasteiger partial charge in [-0.05, 0) is 25.0 Å². The second kappa shape index (κ2) is 5.12. The van der Waals surface area contributed by atoms with E-state index in [1.54, 1.807) is 0 Å². The fraction of sp³-hybridized carbons (Fsp3) is 0.467. The molecule has 0 aliphatic carbocycles. The van der Waals surface area contributed by atoms with E-state index in [4.69, 9.17) is 10.2 Å². The highest BCUT2D eigenvalue weighted by Gasteiger charge is 2.26. The molecule has 1 unspecified atom stereocenters. The molecule has 1 atom stereocenters. The van der Waals surface area contributed by atoms with Crippen LogP contribution in [0.2, 0.25) is 0 Å². The van der Waals surface area contributed by atoms with Crippen LogP contribution in [0.4, 0.5) is 0 Å². The highest BCUT2D eigenvalue weighted by Crippen LogP contribution is 2.20. The Morgan fingerprint density at radius 1 is 1.33 bits per heavy atom. The summed E-state index contributed by atoms with van der Waals surface area (Å²) in [6.07, 6.45) is 0. The van der Waals surface area contributed by atoms with Gasteiger partial charge in [-0.15, -0.1) is 0 Å². The average molecular weight is 246 g/mol. The molecule has 2 rings (SSSR count). The standard InChI is InChI=1S/C15H22N2O/c1-11(2)15(3,10-16)17-9-13-8-12-6-4-5-7-14(12)18-13/h4-8,11,17H,9-10,16H2,1-3H3. The van der Waals surface area contributed by atoms with Gasteiger partial charge >= 0.3 is 0 Å². The Balaban J connectivity index is 2.10. The summed E-state index contributed by atoms with van der Waals surface area (Å²) in [6.45, 7) is 7.84. The minimum atomic E-state index is -0.0566. The maximum absolute atomic E-state index is 5.85. The highest BCUT2D eigenvalue weighted by molar-refractivity contribution is 5.77. The van der Waals surface area contributed by atoms with Crippen molar-refractivity contribution in [2.45, 2.75) is 32.9 Å². The molecule has 98 valence electrons. The zero-order valence-electron chi connectivity index (χ0n) is 11.4. The summed E-state index contributed by atoms with van der Waals surface area (Å²) in [5, 5.41) is 4.65. The molecule has 0 spiro atoms. The van der Waals surface area contributed by atoms with E-state index in [1.807, 2.05) is 18.2 Å². The van der Waals surface area contributed by atoms with Crippen molar-refractivity contribution < 1.29 is 4.42 Å². The molecule has 3 N–H and O–H groups in total. The molecule has 1 aromatic heterocycles. The smallest absolute Gasteiger partial charge is 0.134 e. The van der Waals surface area contributed by atoms with E-state index in [0.29, 0.717) is 19.0 Å². The third kappa shape index (κ3) is 2.57. The van der Waals surface area contributed by atoms with Crippen molar-refractivity contribution in [3.8, 4) is 0 Å². The molecule has 0 fully saturated rings. The van der Waals surface area contributed by atoms with Crippen molar-refractivity contribution in [3.63, 3.8) is 0 Å². The minimum absolute atomic E-state index is 0.0566. The van der Waals surface area contributed by atoms with Gasteiger partial charge in [0.15, 0.2) is 0 Å². The van der Waals surface area contributed by atoms with Crippen LogP contribution >= 0.6 is 0 Å². The van der Waals surface area contributed by atoms with Crippen LogP contribution in [0.5, 0.6) is 0 Å². The van der Waals surface area contributed by atoms with Crippen LogP contribution in [0.15, 0.2) is 34.7 Å². The van der Waals surface area contributed by atoms with E-state index in [-0.39, 0.29) is 5.54 Å². The summed E-state index contributed by atoms with van der Waals surface area (Å²) in [7, 11) is 0. The van der Waals surface area contributed by atoms with Gasteiger partial charge in [-0.2, -0.15) is 0 Å². The molecule has 3 heteroatoms. The van der Waals surface area contributed by atoms with E-state index < -0.39 is 0 Å². The molecule has 0 amide bonds.